The molecule has 1 aliphatic rings. The number of alkyl halides is 1. The average molecular weight is 283 g/mol. The number of rotatable bonds is 6. The standard InChI is InChI=1S/C15H23ClN2O/c1-15(13-16,14-5-3-2-4-6-14)17-7-8-18-9-11-19-12-10-18/h2-6,17H,7-13H2,1H3. The summed E-state index contributed by atoms with van der Waals surface area (Å²) in [7, 11) is 0. The Kier molecular flexibility index (Phi) is 5.64. The van der Waals surface area contributed by atoms with E-state index in [-0.39, 0.29) is 5.54 Å². The predicted octanol–water partition coefficient (Wildman–Crippen LogP) is 2.06. The van der Waals surface area contributed by atoms with E-state index < -0.39 is 0 Å². The van der Waals surface area contributed by atoms with Gasteiger partial charge in [-0.05, 0) is 12.5 Å². The lowest BCUT2D eigenvalue weighted by atomic mass is 9.94. The van der Waals surface area contributed by atoms with Gasteiger partial charge in [-0.2, -0.15) is 0 Å². The van der Waals surface area contributed by atoms with Gasteiger partial charge in [-0.3, -0.25) is 4.90 Å². The number of morpholine rings is 1. The van der Waals surface area contributed by atoms with Gasteiger partial charge in [0.05, 0.1) is 18.8 Å². The van der Waals surface area contributed by atoms with Crippen molar-refractivity contribution in [3.8, 4) is 0 Å². The van der Waals surface area contributed by atoms with E-state index in [4.69, 9.17) is 16.3 Å². The minimum absolute atomic E-state index is 0.158. The second-order valence-electron chi connectivity index (χ2n) is 5.21. The van der Waals surface area contributed by atoms with Crippen molar-refractivity contribution < 1.29 is 4.74 Å². The van der Waals surface area contributed by atoms with Crippen molar-refractivity contribution in [3.05, 3.63) is 35.9 Å². The van der Waals surface area contributed by atoms with E-state index in [0.717, 1.165) is 39.4 Å². The second kappa shape index (κ2) is 7.25. The molecule has 3 nitrogen and oxygen atoms in total. The fraction of sp³-hybridized carbons (Fsp3) is 0.600. The first-order valence-electron chi connectivity index (χ1n) is 6.91. The van der Waals surface area contributed by atoms with Gasteiger partial charge in [0.1, 0.15) is 0 Å². The first-order chi connectivity index (χ1) is 9.24. The zero-order valence-electron chi connectivity index (χ0n) is 11.6. The number of hydrogen-bond acceptors (Lipinski definition) is 3. The van der Waals surface area contributed by atoms with Gasteiger partial charge in [0, 0.05) is 32.1 Å². The Morgan fingerprint density at radius 3 is 2.58 bits per heavy atom. The van der Waals surface area contributed by atoms with E-state index >= 15 is 0 Å². The van der Waals surface area contributed by atoms with Gasteiger partial charge in [0.15, 0.2) is 0 Å². The summed E-state index contributed by atoms with van der Waals surface area (Å²) in [6.07, 6.45) is 0. The molecule has 1 N–H and O–H groups in total. The molecule has 106 valence electrons. The molecule has 19 heavy (non-hydrogen) atoms. The summed E-state index contributed by atoms with van der Waals surface area (Å²) < 4.78 is 5.35. The monoisotopic (exact) mass is 282 g/mol. The molecule has 0 radical (unpaired) electrons. The van der Waals surface area contributed by atoms with Crippen molar-refractivity contribution in [1.82, 2.24) is 10.2 Å². The molecule has 1 heterocycles. The summed E-state index contributed by atoms with van der Waals surface area (Å²) in [5.74, 6) is 0.570. The second-order valence-corrected chi connectivity index (χ2v) is 5.48. The summed E-state index contributed by atoms with van der Waals surface area (Å²) in [6.45, 7) is 7.92. The summed E-state index contributed by atoms with van der Waals surface area (Å²) in [5.41, 5.74) is 1.08. The van der Waals surface area contributed by atoms with Crippen LogP contribution in [0.5, 0.6) is 0 Å². The van der Waals surface area contributed by atoms with Crippen LogP contribution in [0.25, 0.3) is 0 Å². The normalized spacial score (nSPS) is 20.1. The average Bonchev–Trinajstić information content (AvgIpc) is 2.49. The Balaban J connectivity index is 1.85. The highest BCUT2D eigenvalue weighted by Gasteiger charge is 2.24. The maximum Gasteiger partial charge on any atom is 0.0594 e. The summed E-state index contributed by atoms with van der Waals surface area (Å²) in [5, 5.41) is 3.59. The van der Waals surface area contributed by atoms with Gasteiger partial charge in [-0.25, -0.2) is 0 Å². The van der Waals surface area contributed by atoms with Gasteiger partial charge in [-0.15, -0.1) is 11.6 Å². The van der Waals surface area contributed by atoms with Gasteiger partial charge in [0.25, 0.3) is 0 Å². The molecule has 0 spiro atoms. The molecule has 4 heteroatoms. The van der Waals surface area contributed by atoms with Crippen LogP contribution in [0.2, 0.25) is 0 Å². The van der Waals surface area contributed by atoms with E-state index in [1.165, 1.54) is 5.56 Å². The number of ether oxygens (including phenoxy) is 1. The first kappa shape index (κ1) is 14.8. The molecule has 0 bridgehead atoms. The van der Waals surface area contributed by atoms with Crippen LogP contribution in [-0.2, 0) is 10.3 Å². The Morgan fingerprint density at radius 1 is 1.26 bits per heavy atom. The highest BCUT2D eigenvalue weighted by molar-refractivity contribution is 6.18. The molecule has 2 rings (SSSR count). The van der Waals surface area contributed by atoms with E-state index in [1.54, 1.807) is 0 Å². The van der Waals surface area contributed by atoms with E-state index in [1.807, 2.05) is 6.07 Å². The molecule has 1 aromatic rings. The molecule has 1 atom stereocenters. The minimum Gasteiger partial charge on any atom is -0.379 e. The van der Waals surface area contributed by atoms with Crippen LogP contribution >= 0.6 is 11.6 Å². The Labute approximate surface area is 120 Å². The number of nitrogens with zero attached hydrogens (tertiary/aromatic N) is 1. The maximum absolute atomic E-state index is 6.17. The topological polar surface area (TPSA) is 24.5 Å². The predicted molar refractivity (Wildman–Crippen MR) is 79.8 cm³/mol. The van der Waals surface area contributed by atoms with Crippen molar-refractivity contribution >= 4 is 11.6 Å². The number of benzene rings is 1. The lowest BCUT2D eigenvalue weighted by Crippen LogP contribution is -2.46. The third kappa shape index (κ3) is 4.18. The molecule has 0 saturated carbocycles. The van der Waals surface area contributed by atoms with Crippen molar-refractivity contribution in [3.63, 3.8) is 0 Å². The molecular formula is C15H23ClN2O. The van der Waals surface area contributed by atoms with Crippen LogP contribution < -0.4 is 5.32 Å². The zero-order valence-corrected chi connectivity index (χ0v) is 12.3. The van der Waals surface area contributed by atoms with Crippen LogP contribution in [0.1, 0.15) is 12.5 Å². The summed E-state index contributed by atoms with van der Waals surface area (Å²) in [6, 6.07) is 10.4. The summed E-state index contributed by atoms with van der Waals surface area (Å²) >= 11 is 6.17. The maximum atomic E-state index is 6.17. The molecule has 1 fully saturated rings. The Hall–Kier alpha value is -0.610. The molecule has 0 amide bonds. The number of hydrogen-bond donors (Lipinski definition) is 1. The number of halogens is 1. The van der Waals surface area contributed by atoms with Crippen LogP contribution in [-0.4, -0.2) is 50.2 Å². The molecular weight excluding hydrogens is 260 g/mol. The Morgan fingerprint density at radius 2 is 1.95 bits per heavy atom. The highest BCUT2D eigenvalue weighted by atomic mass is 35.5. The minimum atomic E-state index is -0.158. The zero-order chi connectivity index (χ0) is 13.6. The van der Waals surface area contributed by atoms with E-state index in [2.05, 4.69) is 41.4 Å². The van der Waals surface area contributed by atoms with Gasteiger partial charge in [0.2, 0.25) is 0 Å². The number of nitrogens with one attached hydrogen (secondary N) is 1. The third-order valence-corrected chi connectivity index (χ3v) is 4.26. The Bertz CT molecular complexity index is 368. The molecule has 0 aromatic heterocycles. The van der Waals surface area contributed by atoms with Crippen molar-refractivity contribution in [2.24, 2.45) is 0 Å². The van der Waals surface area contributed by atoms with E-state index in [0.29, 0.717) is 5.88 Å². The lowest BCUT2D eigenvalue weighted by molar-refractivity contribution is 0.0376. The van der Waals surface area contributed by atoms with Crippen molar-refractivity contribution in [1.29, 1.82) is 0 Å². The van der Waals surface area contributed by atoms with Crippen LogP contribution in [0.4, 0.5) is 0 Å². The molecule has 0 aliphatic carbocycles. The van der Waals surface area contributed by atoms with Gasteiger partial charge >= 0.3 is 0 Å². The highest BCUT2D eigenvalue weighted by Crippen LogP contribution is 2.21. The van der Waals surface area contributed by atoms with Crippen LogP contribution in [0.3, 0.4) is 0 Å². The van der Waals surface area contributed by atoms with Crippen LogP contribution in [0.15, 0.2) is 30.3 Å². The smallest absolute Gasteiger partial charge is 0.0594 e. The largest absolute Gasteiger partial charge is 0.379 e. The molecule has 1 unspecified atom stereocenters. The molecule has 1 saturated heterocycles. The molecule has 1 aliphatic heterocycles. The van der Waals surface area contributed by atoms with Crippen molar-refractivity contribution in [2.75, 3.05) is 45.3 Å². The fourth-order valence-electron chi connectivity index (χ4n) is 2.35. The first-order valence-corrected chi connectivity index (χ1v) is 7.45. The molecule has 1 aromatic carbocycles. The quantitative estimate of drug-likeness (QED) is 0.809. The van der Waals surface area contributed by atoms with Gasteiger partial charge < -0.3 is 10.1 Å². The third-order valence-electron chi connectivity index (χ3n) is 3.73. The lowest BCUT2D eigenvalue weighted by Gasteiger charge is -2.32. The van der Waals surface area contributed by atoms with Crippen LogP contribution in [0, 0.1) is 0 Å². The summed E-state index contributed by atoms with van der Waals surface area (Å²) in [4.78, 5) is 2.43. The van der Waals surface area contributed by atoms with E-state index in [9.17, 15) is 0 Å². The SMILES string of the molecule is CC(CCl)(NCCN1CCOCC1)c1ccccc1. The van der Waals surface area contributed by atoms with Gasteiger partial charge in [-0.1, -0.05) is 30.3 Å². The fourth-order valence-corrected chi connectivity index (χ4v) is 2.60. The van der Waals surface area contributed by atoms with Crippen molar-refractivity contribution in [2.45, 2.75) is 12.5 Å².